The summed E-state index contributed by atoms with van der Waals surface area (Å²) in [6.07, 6.45) is 4.11. The Kier molecular flexibility index (Phi) is 5.01. The summed E-state index contributed by atoms with van der Waals surface area (Å²) in [6, 6.07) is 0.897. The molecule has 0 aromatic carbocycles. The molecule has 1 aliphatic carbocycles. The van der Waals surface area contributed by atoms with Gasteiger partial charge in [0.2, 0.25) is 0 Å². The van der Waals surface area contributed by atoms with Crippen LogP contribution in [0.3, 0.4) is 0 Å². The number of rotatable bonds is 7. The van der Waals surface area contributed by atoms with Crippen LogP contribution in [-0.2, 0) is 9.53 Å². The van der Waals surface area contributed by atoms with Crippen LogP contribution in [0.15, 0.2) is 0 Å². The van der Waals surface area contributed by atoms with Gasteiger partial charge in [0.05, 0.1) is 12.5 Å². The highest BCUT2D eigenvalue weighted by Gasteiger charge is 2.34. The van der Waals surface area contributed by atoms with E-state index in [1.54, 1.807) is 0 Å². The summed E-state index contributed by atoms with van der Waals surface area (Å²) in [5.41, 5.74) is 0. The zero-order valence-electron chi connectivity index (χ0n) is 11.7. The molecule has 4 nitrogen and oxygen atoms in total. The number of hydrogen-bond donors (Lipinski definition) is 1. The Labute approximate surface area is 110 Å². The lowest BCUT2D eigenvalue weighted by atomic mass is 10.1. The molecule has 1 aliphatic heterocycles. The van der Waals surface area contributed by atoms with Gasteiger partial charge < -0.3 is 15.0 Å². The van der Waals surface area contributed by atoms with Crippen LogP contribution in [0.4, 0.5) is 0 Å². The van der Waals surface area contributed by atoms with Gasteiger partial charge in [-0.1, -0.05) is 6.92 Å². The Balaban J connectivity index is 1.56. The molecular weight excluding hydrogens is 228 g/mol. The van der Waals surface area contributed by atoms with E-state index in [0.717, 1.165) is 25.0 Å². The predicted molar refractivity (Wildman–Crippen MR) is 71.4 cm³/mol. The average Bonchev–Trinajstić information content (AvgIpc) is 3.10. The Morgan fingerprint density at radius 3 is 2.89 bits per heavy atom. The standard InChI is InChI=1S/C14H26N2O2/c1-3-18-14(17)11(2)8-15-9-12-6-7-16(10-12)13-4-5-13/h11-13,15H,3-10H2,1-2H3. The van der Waals surface area contributed by atoms with Crippen LogP contribution >= 0.6 is 0 Å². The van der Waals surface area contributed by atoms with Crippen LogP contribution < -0.4 is 5.32 Å². The number of likely N-dealkylation sites (tertiary alicyclic amines) is 1. The number of ether oxygens (including phenoxy) is 1. The first-order valence-corrected chi connectivity index (χ1v) is 7.32. The molecule has 0 aromatic heterocycles. The largest absolute Gasteiger partial charge is 0.466 e. The average molecular weight is 254 g/mol. The number of esters is 1. The maximum absolute atomic E-state index is 11.4. The third-order valence-corrected chi connectivity index (χ3v) is 3.95. The normalized spacial score (nSPS) is 26.2. The van der Waals surface area contributed by atoms with Gasteiger partial charge in [-0.3, -0.25) is 4.79 Å². The number of nitrogens with zero attached hydrogens (tertiary/aromatic N) is 1. The van der Waals surface area contributed by atoms with Crippen molar-refractivity contribution >= 4 is 5.97 Å². The van der Waals surface area contributed by atoms with Gasteiger partial charge in [-0.05, 0) is 45.2 Å². The van der Waals surface area contributed by atoms with Gasteiger partial charge in [0, 0.05) is 19.1 Å². The summed E-state index contributed by atoms with van der Waals surface area (Å²) in [4.78, 5) is 14.1. The summed E-state index contributed by atoms with van der Waals surface area (Å²) in [6.45, 7) is 8.53. The molecule has 1 saturated carbocycles. The number of carbonyl (C=O) groups is 1. The molecule has 1 heterocycles. The minimum atomic E-state index is -0.0870. The highest BCUT2D eigenvalue weighted by molar-refractivity contribution is 5.72. The van der Waals surface area contributed by atoms with Crippen molar-refractivity contribution in [1.29, 1.82) is 0 Å². The fourth-order valence-corrected chi connectivity index (χ4v) is 2.67. The molecule has 2 fully saturated rings. The third-order valence-electron chi connectivity index (χ3n) is 3.95. The van der Waals surface area contributed by atoms with E-state index in [4.69, 9.17) is 4.74 Å². The second-order valence-electron chi connectivity index (χ2n) is 5.69. The summed E-state index contributed by atoms with van der Waals surface area (Å²) in [5.74, 6) is 0.641. The summed E-state index contributed by atoms with van der Waals surface area (Å²) in [7, 11) is 0. The van der Waals surface area contributed by atoms with E-state index in [2.05, 4.69) is 10.2 Å². The Morgan fingerprint density at radius 2 is 2.22 bits per heavy atom. The van der Waals surface area contributed by atoms with Gasteiger partial charge in [0.1, 0.15) is 0 Å². The van der Waals surface area contributed by atoms with E-state index >= 15 is 0 Å². The fraction of sp³-hybridized carbons (Fsp3) is 0.929. The molecule has 2 rings (SSSR count). The maximum Gasteiger partial charge on any atom is 0.309 e. The fourth-order valence-electron chi connectivity index (χ4n) is 2.67. The zero-order valence-corrected chi connectivity index (χ0v) is 11.7. The number of carbonyl (C=O) groups excluding carboxylic acids is 1. The lowest BCUT2D eigenvalue weighted by Gasteiger charge is -2.16. The van der Waals surface area contributed by atoms with Crippen molar-refractivity contribution in [2.75, 3.05) is 32.8 Å². The second-order valence-corrected chi connectivity index (χ2v) is 5.69. The summed E-state index contributed by atoms with van der Waals surface area (Å²) < 4.78 is 5.00. The van der Waals surface area contributed by atoms with E-state index in [-0.39, 0.29) is 11.9 Å². The molecule has 0 radical (unpaired) electrons. The molecule has 0 aromatic rings. The Bertz CT molecular complexity index is 279. The molecular formula is C14H26N2O2. The van der Waals surface area contributed by atoms with Crippen molar-refractivity contribution < 1.29 is 9.53 Å². The van der Waals surface area contributed by atoms with Crippen molar-refractivity contribution in [3.8, 4) is 0 Å². The van der Waals surface area contributed by atoms with Gasteiger partial charge in [-0.2, -0.15) is 0 Å². The van der Waals surface area contributed by atoms with Crippen LogP contribution in [0.25, 0.3) is 0 Å². The molecule has 0 amide bonds. The third kappa shape index (κ3) is 3.95. The molecule has 4 heteroatoms. The molecule has 2 unspecified atom stereocenters. The SMILES string of the molecule is CCOC(=O)C(C)CNCC1CCN(C2CC2)C1. The molecule has 2 aliphatic rings. The van der Waals surface area contributed by atoms with E-state index in [1.165, 1.54) is 32.4 Å². The summed E-state index contributed by atoms with van der Waals surface area (Å²) >= 11 is 0. The molecule has 2 atom stereocenters. The van der Waals surface area contributed by atoms with Crippen LogP contribution in [0.5, 0.6) is 0 Å². The molecule has 104 valence electrons. The molecule has 0 spiro atoms. The first-order chi connectivity index (χ1) is 8.70. The first kappa shape index (κ1) is 13.8. The molecule has 1 N–H and O–H groups in total. The van der Waals surface area contributed by atoms with Crippen molar-refractivity contribution in [2.24, 2.45) is 11.8 Å². The Morgan fingerprint density at radius 1 is 1.44 bits per heavy atom. The Hall–Kier alpha value is -0.610. The monoisotopic (exact) mass is 254 g/mol. The zero-order chi connectivity index (χ0) is 13.0. The van der Waals surface area contributed by atoms with E-state index in [9.17, 15) is 4.79 Å². The van der Waals surface area contributed by atoms with Crippen molar-refractivity contribution in [2.45, 2.75) is 39.2 Å². The maximum atomic E-state index is 11.4. The van der Waals surface area contributed by atoms with Gasteiger partial charge in [0.25, 0.3) is 0 Å². The van der Waals surface area contributed by atoms with E-state index < -0.39 is 0 Å². The van der Waals surface area contributed by atoms with Crippen molar-refractivity contribution in [3.63, 3.8) is 0 Å². The smallest absolute Gasteiger partial charge is 0.309 e. The van der Waals surface area contributed by atoms with Crippen LogP contribution in [0.1, 0.15) is 33.1 Å². The minimum Gasteiger partial charge on any atom is -0.466 e. The summed E-state index contributed by atoms with van der Waals surface area (Å²) in [5, 5.41) is 3.42. The topological polar surface area (TPSA) is 41.6 Å². The quantitative estimate of drug-likeness (QED) is 0.695. The lowest BCUT2D eigenvalue weighted by molar-refractivity contribution is -0.147. The van der Waals surface area contributed by atoms with Crippen molar-refractivity contribution in [3.05, 3.63) is 0 Å². The number of hydrogen-bond acceptors (Lipinski definition) is 4. The predicted octanol–water partition coefficient (Wildman–Crippen LogP) is 1.26. The lowest BCUT2D eigenvalue weighted by Crippen LogP contribution is -2.32. The molecule has 18 heavy (non-hydrogen) atoms. The minimum absolute atomic E-state index is 0.0362. The van der Waals surface area contributed by atoms with Crippen LogP contribution in [0, 0.1) is 11.8 Å². The second kappa shape index (κ2) is 6.53. The highest BCUT2D eigenvalue weighted by Crippen LogP contribution is 2.31. The highest BCUT2D eigenvalue weighted by atomic mass is 16.5. The van der Waals surface area contributed by atoms with Gasteiger partial charge >= 0.3 is 5.97 Å². The van der Waals surface area contributed by atoms with E-state index in [0.29, 0.717) is 6.61 Å². The van der Waals surface area contributed by atoms with E-state index in [1.807, 2.05) is 13.8 Å². The van der Waals surface area contributed by atoms with Gasteiger partial charge in [0.15, 0.2) is 0 Å². The van der Waals surface area contributed by atoms with Crippen LogP contribution in [-0.4, -0.2) is 49.7 Å². The molecule has 0 bridgehead atoms. The van der Waals surface area contributed by atoms with Crippen molar-refractivity contribution in [1.82, 2.24) is 10.2 Å². The van der Waals surface area contributed by atoms with Gasteiger partial charge in [-0.25, -0.2) is 0 Å². The van der Waals surface area contributed by atoms with Gasteiger partial charge in [-0.15, -0.1) is 0 Å². The van der Waals surface area contributed by atoms with Crippen LogP contribution in [0.2, 0.25) is 0 Å². The number of nitrogens with one attached hydrogen (secondary N) is 1. The molecule has 1 saturated heterocycles. The first-order valence-electron chi connectivity index (χ1n) is 7.32.